The Morgan fingerprint density at radius 1 is 1.40 bits per heavy atom. The van der Waals surface area contributed by atoms with Gasteiger partial charge in [-0.2, -0.15) is 13.2 Å². The molecule has 0 amide bonds. The SMILES string of the molecule is C=C(CN)c1ccc(Cl)c(C(F)(F)F)c1. The first-order valence-corrected chi connectivity index (χ1v) is 4.49. The molecule has 0 radical (unpaired) electrons. The Morgan fingerprint density at radius 2 is 2.00 bits per heavy atom. The molecular formula is C10H9ClF3N. The smallest absolute Gasteiger partial charge is 0.326 e. The van der Waals surface area contributed by atoms with Gasteiger partial charge in [0.2, 0.25) is 0 Å². The van der Waals surface area contributed by atoms with Crippen molar-refractivity contribution in [1.29, 1.82) is 0 Å². The molecular weight excluding hydrogens is 227 g/mol. The largest absolute Gasteiger partial charge is 0.417 e. The summed E-state index contributed by atoms with van der Waals surface area (Å²) in [4.78, 5) is 0. The molecule has 0 bridgehead atoms. The number of benzene rings is 1. The average Bonchev–Trinajstić information content (AvgIpc) is 2.15. The summed E-state index contributed by atoms with van der Waals surface area (Å²) >= 11 is 5.45. The molecule has 0 aliphatic carbocycles. The first-order valence-electron chi connectivity index (χ1n) is 4.11. The third-order valence-electron chi connectivity index (χ3n) is 1.93. The molecule has 1 aromatic carbocycles. The molecule has 82 valence electrons. The van der Waals surface area contributed by atoms with Gasteiger partial charge in [-0.1, -0.05) is 24.2 Å². The van der Waals surface area contributed by atoms with E-state index >= 15 is 0 Å². The summed E-state index contributed by atoms with van der Waals surface area (Å²) in [5.74, 6) is 0. The monoisotopic (exact) mass is 235 g/mol. The summed E-state index contributed by atoms with van der Waals surface area (Å²) < 4.78 is 37.4. The van der Waals surface area contributed by atoms with Gasteiger partial charge in [0, 0.05) is 6.54 Å². The highest BCUT2D eigenvalue weighted by atomic mass is 35.5. The Hall–Kier alpha value is -1.00. The summed E-state index contributed by atoms with van der Waals surface area (Å²) in [5.41, 5.74) is 5.22. The molecule has 0 saturated carbocycles. The molecule has 0 spiro atoms. The number of nitrogens with two attached hydrogens (primary N) is 1. The van der Waals surface area contributed by atoms with Crippen LogP contribution in [0.3, 0.4) is 0 Å². The minimum absolute atomic E-state index is 0.110. The molecule has 1 aromatic rings. The second-order valence-electron chi connectivity index (χ2n) is 3.00. The van der Waals surface area contributed by atoms with Gasteiger partial charge in [0.05, 0.1) is 10.6 Å². The quantitative estimate of drug-likeness (QED) is 0.836. The zero-order chi connectivity index (χ0) is 11.6. The van der Waals surface area contributed by atoms with Crippen molar-refractivity contribution in [3.8, 4) is 0 Å². The van der Waals surface area contributed by atoms with E-state index in [-0.39, 0.29) is 11.6 Å². The van der Waals surface area contributed by atoms with Crippen molar-refractivity contribution in [2.75, 3.05) is 6.54 Å². The van der Waals surface area contributed by atoms with Gasteiger partial charge in [0.15, 0.2) is 0 Å². The number of alkyl halides is 3. The molecule has 0 atom stereocenters. The Bertz CT molecular complexity index is 385. The Morgan fingerprint density at radius 3 is 2.47 bits per heavy atom. The molecule has 1 nitrogen and oxygen atoms in total. The summed E-state index contributed by atoms with van der Waals surface area (Å²) in [5, 5.41) is -0.323. The predicted octanol–water partition coefficient (Wildman–Crippen LogP) is 3.33. The lowest BCUT2D eigenvalue weighted by molar-refractivity contribution is -0.137. The van der Waals surface area contributed by atoms with Gasteiger partial charge >= 0.3 is 6.18 Å². The first kappa shape index (κ1) is 12.1. The van der Waals surface area contributed by atoms with Crippen LogP contribution < -0.4 is 5.73 Å². The highest BCUT2D eigenvalue weighted by Gasteiger charge is 2.33. The van der Waals surface area contributed by atoms with Crippen molar-refractivity contribution in [2.45, 2.75) is 6.18 Å². The van der Waals surface area contributed by atoms with Crippen molar-refractivity contribution in [2.24, 2.45) is 5.73 Å². The van der Waals surface area contributed by atoms with E-state index in [9.17, 15) is 13.2 Å². The van der Waals surface area contributed by atoms with E-state index in [0.29, 0.717) is 11.1 Å². The van der Waals surface area contributed by atoms with E-state index in [1.807, 2.05) is 0 Å². The van der Waals surface area contributed by atoms with E-state index in [1.165, 1.54) is 12.1 Å². The normalized spacial score (nSPS) is 11.5. The van der Waals surface area contributed by atoms with Crippen LogP contribution in [0.2, 0.25) is 5.02 Å². The standard InChI is InChI=1S/C10H9ClF3N/c1-6(5-15)7-2-3-9(11)8(4-7)10(12,13)14/h2-4H,1,5,15H2. The molecule has 0 heterocycles. The number of halogens is 4. The molecule has 0 aliphatic rings. The molecule has 2 N–H and O–H groups in total. The molecule has 0 aromatic heterocycles. The third-order valence-corrected chi connectivity index (χ3v) is 2.26. The Balaban J connectivity index is 3.23. The second-order valence-corrected chi connectivity index (χ2v) is 3.41. The number of hydrogen-bond acceptors (Lipinski definition) is 1. The van der Waals surface area contributed by atoms with E-state index < -0.39 is 11.7 Å². The fourth-order valence-electron chi connectivity index (χ4n) is 1.08. The van der Waals surface area contributed by atoms with Gasteiger partial charge in [0.25, 0.3) is 0 Å². The van der Waals surface area contributed by atoms with Crippen LogP contribution in [0.4, 0.5) is 13.2 Å². The van der Waals surface area contributed by atoms with Crippen LogP contribution in [0.15, 0.2) is 24.8 Å². The van der Waals surface area contributed by atoms with E-state index in [4.69, 9.17) is 17.3 Å². The first-order chi connectivity index (χ1) is 6.86. The maximum absolute atomic E-state index is 12.5. The minimum Gasteiger partial charge on any atom is -0.326 e. The molecule has 0 saturated heterocycles. The Labute approximate surface area is 90.3 Å². The van der Waals surface area contributed by atoms with E-state index in [0.717, 1.165) is 6.07 Å². The van der Waals surface area contributed by atoms with Crippen LogP contribution in [0.5, 0.6) is 0 Å². The lowest BCUT2D eigenvalue weighted by Gasteiger charge is -2.11. The summed E-state index contributed by atoms with van der Waals surface area (Å²) in [6.45, 7) is 3.67. The van der Waals surface area contributed by atoms with Crippen molar-refractivity contribution >= 4 is 17.2 Å². The lowest BCUT2D eigenvalue weighted by Crippen LogP contribution is -2.08. The van der Waals surface area contributed by atoms with Gasteiger partial charge < -0.3 is 5.73 Å². The summed E-state index contributed by atoms with van der Waals surface area (Å²) in [6.07, 6.45) is -4.46. The van der Waals surface area contributed by atoms with Gasteiger partial charge in [-0.15, -0.1) is 0 Å². The maximum atomic E-state index is 12.5. The van der Waals surface area contributed by atoms with Crippen LogP contribution in [-0.2, 0) is 6.18 Å². The minimum atomic E-state index is -4.46. The topological polar surface area (TPSA) is 26.0 Å². The highest BCUT2D eigenvalue weighted by Crippen LogP contribution is 2.35. The van der Waals surface area contributed by atoms with Gasteiger partial charge in [-0.25, -0.2) is 0 Å². The average molecular weight is 236 g/mol. The van der Waals surface area contributed by atoms with Crippen LogP contribution in [-0.4, -0.2) is 6.54 Å². The predicted molar refractivity (Wildman–Crippen MR) is 54.5 cm³/mol. The van der Waals surface area contributed by atoms with Crippen molar-refractivity contribution in [3.05, 3.63) is 40.9 Å². The number of hydrogen-bond donors (Lipinski definition) is 1. The van der Waals surface area contributed by atoms with Crippen LogP contribution >= 0.6 is 11.6 Å². The van der Waals surface area contributed by atoms with E-state index in [2.05, 4.69) is 6.58 Å². The van der Waals surface area contributed by atoms with Crippen LogP contribution in [0.1, 0.15) is 11.1 Å². The highest BCUT2D eigenvalue weighted by molar-refractivity contribution is 6.31. The van der Waals surface area contributed by atoms with Gasteiger partial charge in [0.1, 0.15) is 0 Å². The maximum Gasteiger partial charge on any atom is 0.417 e. The molecule has 5 heteroatoms. The molecule has 1 rings (SSSR count). The summed E-state index contributed by atoms with van der Waals surface area (Å²) in [6, 6.07) is 3.62. The van der Waals surface area contributed by atoms with Crippen molar-refractivity contribution in [3.63, 3.8) is 0 Å². The van der Waals surface area contributed by atoms with Crippen molar-refractivity contribution < 1.29 is 13.2 Å². The Kier molecular flexibility index (Phi) is 3.42. The molecule has 0 aliphatic heterocycles. The van der Waals surface area contributed by atoms with Gasteiger partial charge in [-0.05, 0) is 23.3 Å². The van der Waals surface area contributed by atoms with Gasteiger partial charge in [-0.3, -0.25) is 0 Å². The number of rotatable bonds is 2. The fraction of sp³-hybridized carbons (Fsp3) is 0.200. The van der Waals surface area contributed by atoms with Crippen molar-refractivity contribution in [1.82, 2.24) is 0 Å². The molecule has 0 fully saturated rings. The van der Waals surface area contributed by atoms with Crippen LogP contribution in [0, 0.1) is 0 Å². The lowest BCUT2D eigenvalue weighted by atomic mass is 10.0. The molecule has 15 heavy (non-hydrogen) atoms. The second kappa shape index (κ2) is 4.24. The zero-order valence-corrected chi connectivity index (χ0v) is 8.49. The summed E-state index contributed by atoms with van der Waals surface area (Å²) in [7, 11) is 0. The fourth-order valence-corrected chi connectivity index (χ4v) is 1.30. The van der Waals surface area contributed by atoms with Crippen LogP contribution in [0.25, 0.3) is 5.57 Å². The van der Waals surface area contributed by atoms with E-state index in [1.54, 1.807) is 0 Å². The third kappa shape index (κ3) is 2.73. The zero-order valence-electron chi connectivity index (χ0n) is 7.74. The molecule has 0 unspecified atom stereocenters.